The molecule has 92 valence electrons. The van der Waals surface area contributed by atoms with Crippen molar-refractivity contribution in [2.24, 2.45) is 0 Å². The van der Waals surface area contributed by atoms with Crippen molar-refractivity contribution in [3.8, 4) is 0 Å². The smallest absolute Gasteiger partial charge is 0.239 e. The predicted molar refractivity (Wildman–Crippen MR) is 64.3 cm³/mol. The molecule has 2 rings (SSSR count). The van der Waals surface area contributed by atoms with Crippen molar-refractivity contribution in [1.82, 2.24) is 15.1 Å². The van der Waals surface area contributed by atoms with Crippen molar-refractivity contribution in [2.45, 2.75) is 37.8 Å². The van der Waals surface area contributed by atoms with E-state index >= 15 is 0 Å². The van der Waals surface area contributed by atoms with Crippen LogP contribution in [0.2, 0.25) is 0 Å². The van der Waals surface area contributed by atoms with Crippen LogP contribution in [0.5, 0.6) is 0 Å². The number of nitrogens with one attached hydrogen (secondary N) is 1. The SMILES string of the molecule is CN(C)CCCN1CCC(NC2CC2)C1=O. The fourth-order valence-corrected chi connectivity index (χ4v) is 2.23. The molecule has 4 nitrogen and oxygen atoms in total. The first-order chi connectivity index (χ1) is 7.66. The van der Waals surface area contributed by atoms with Crippen molar-refractivity contribution in [1.29, 1.82) is 0 Å². The summed E-state index contributed by atoms with van der Waals surface area (Å²) >= 11 is 0. The van der Waals surface area contributed by atoms with Crippen LogP contribution >= 0.6 is 0 Å². The standard InChI is InChI=1S/C12H23N3O/c1-14(2)7-3-8-15-9-6-11(12(15)16)13-10-4-5-10/h10-11,13H,3-9H2,1-2H3. The minimum atomic E-state index is 0.117. The molecule has 1 aliphatic carbocycles. The molecule has 16 heavy (non-hydrogen) atoms. The quantitative estimate of drug-likeness (QED) is 0.706. The Kier molecular flexibility index (Phi) is 3.82. The summed E-state index contributed by atoms with van der Waals surface area (Å²) in [5.41, 5.74) is 0. The first-order valence-corrected chi connectivity index (χ1v) is 6.36. The van der Waals surface area contributed by atoms with Crippen molar-refractivity contribution in [2.75, 3.05) is 33.7 Å². The van der Waals surface area contributed by atoms with Gasteiger partial charge in [0.05, 0.1) is 6.04 Å². The van der Waals surface area contributed by atoms with Gasteiger partial charge < -0.3 is 15.1 Å². The third-order valence-electron chi connectivity index (χ3n) is 3.35. The van der Waals surface area contributed by atoms with Gasteiger partial charge in [0.25, 0.3) is 0 Å². The highest BCUT2D eigenvalue weighted by atomic mass is 16.2. The summed E-state index contributed by atoms with van der Waals surface area (Å²) in [4.78, 5) is 16.2. The van der Waals surface area contributed by atoms with Gasteiger partial charge in [-0.25, -0.2) is 0 Å². The van der Waals surface area contributed by atoms with Crippen molar-refractivity contribution in [3.63, 3.8) is 0 Å². The summed E-state index contributed by atoms with van der Waals surface area (Å²) in [5.74, 6) is 0.325. The molecule has 0 aromatic heterocycles. The van der Waals surface area contributed by atoms with E-state index in [1.54, 1.807) is 0 Å². The molecule has 2 fully saturated rings. The average molecular weight is 225 g/mol. The van der Waals surface area contributed by atoms with Gasteiger partial charge in [0, 0.05) is 19.1 Å². The second kappa shape index (κ2) is 5.15. The van der Waals surface area contributed by atoms with E-state index in [1.165, 1.54) is 12.8 Å². The fraction of sp³-hybridized carbons (Fsp3) is 0.917. The van der Waals surface area contributed by atoms with Gasteiger partial charge in [0.1, 0.15) is 0 Å². The van der Waals surface area contributed by atoms with Crippen LogP contribution in [0.1, 0.15) is 25.7 Å². The average Bonchev–Trinajstić information content (AvgIpc) is 2.97. The van der Waals surface area contributed by atoms with Gasteiger partial charge in [0.15, 0.2) is 0 Å². The Morgan fingerprint density at radius 2 is 2.12 bits per heavy atom. The lowest BCUT2D eigenvalue weighted by atomic mass is 10.2. The zero-order chi connectivity index (χ0) is 11.5. The highest BCUT2D eigenvalue weighted by Crippen LogP contribution is 2.22. The van der Waals surface area contributed by atoms with E-state index < -0.39 is 0 Å². The molecule has 1 heterocycles. The summed E-state index contributed by atoms with van der Waals surface area (Å²) in [6, 6.07) is 0.752. The number of rotatable bonds is 6. The van der Waals surface area contributed by atoms with Crippen LogP contribution in [0, 0.1) is 0 Å². The van der Waals surface area contributed by atoms with Crippen molar-refractivity contribution >= 4 is 5.91 Å². The van der Waals surface area contributed by atoms with Crippen molar-refractivity contribution < 1.29 is 4.79 Å². The van der Waals surface area contributed by atoms with Crippen LogP contribution in [0.25, 0.3) is 0 Å². The van der Waals surface area contributed by atoms with Gasteiger partial charge in [-0.1, -0.05) is 0 Å². The number of hydrogen-bond acceptors (Lipinski definition) is 3. The van der Waals surface area contributed by atoms with Crippen molar-refractivity contribution in [3.05, 3.63) is 0 Å². The minimum Gasteiger partial charge on any atom is -0.341 e. The number of likely N-dealkylation sites (tertiary alicyclic amines) is 1. The molecule has 1 atom stereocenters. The van der Waals surface area contributed by atoms with Crippen LogP contribution in [-0.4, -0.2) is 61.5 Å². The Bertz CT molecular complexity index is 251. The maximum atomic E-state index is 12.0. The van der Waals surface area contributed by atoms with Gasteiger partial charge in [-0.2, -0.15) is 0 Å². The summed E-state index contributed by atoms with van der Waals surface area (Å²) in [6.07, 6.45) is 4.58. The zero-order valence-corrected chi connectivity index (χ0v) is 10.4. The first-order valence-electron chi connectivity index (χ1n) is 6.36. The van der Waals surface area contributed by atoms with Gasteiger partial charge in [-0.3, -0.25) is 4.79 Å². The topological polar surface area (TPSA) is 35.6 Å². The lowest BCUT2D eigenvalue weighted by Gasteiger charge is -2.18. The number of amides is 1. The Labute approximate surface area is 98.0 Å². The summed E-state index contributed by atoms with van der Waals surface area (Å²) in [6.45, 7) is 2.92. The molecule has 0 aromatic carbocycles. The van der Waals surface area contributed by atoms with E-state index in [0.717, 1.165) is 32.5 Å². The fourth-order valence-electron chi connectivity index (χ4n) is 2.23. The number of carbonyl (C=O) groups is 1. The molecule has 1 unspecified atom stereocenters. The van der Waals surface area contributed by atoms with E-state index in [9.17, 15) is 4.79 Å². The highest BCUT2D eigenvalue weighted by Gasteiger charge is 2.35. The second-order valence-corrected chi connectivity index (χ2v) is 5.26. The second-order valence-electron chi connectivity index (χ2n) is 5.26. The van der Waals surface area contributed by atoms with Gasteiger partial charge >= 0.3 is 0 Å². The Morgan fingerprint density at radius 3 is 2.75 bits per heavy atom. The number of nitrogens with zero attached hydrogens (tertiary/aromatic N) is 2. The highest BCUT2D eigenvalue weighted by molar-refractivity contribution is 5.84. The third kappa shape index (κ3) is 3.19. The molecular formula is C12H23N3O. The molecule has 2 aliphatic rings. The molecule has 0 radical (unpaired) electrons. The minimum absolute atomic E-state index is 0.117. The van der Waals surface area contributed by atoms with E-state index in [-0.39, 0.29) is 6.04 Å². The van der Waals surface area contributed by atoms with Crippen LogP contribution in [0.3, 0.4) is 0 Å². The van der Waals surface area contributed by atoms with Gasteiger partial charge in [-0.15, -0.1) is 0 Å². The monoisotopic (exact) mass is 225 g/mol. The van der Waals surface area contributed by atoms with Gasteiger partial charge in [-0.05, 0) is 46.3 Å². The largest absolute Gasteiger partial charge is 0.341 e. The Hall–Kier alpha value is -0.610. The van der Waals surface area contributed by atoms with Crippen LogP contribution in [0.4, 0.5) is 0 Å². The molecule has 4 heteroatoms. The Morgan fingerprint density at radius 1 is 1.38 bits per heavy atom. The molecule has 1 amide bonds. The van der Waals surface area contributed by atoms with E-state index in [4.69, 9.17) is 0 Å². The molecule has 1 saturated heterocycles. The number of carbonyl (C=O) groups excluding carboxylic acids is 1. The third-order valence-corrected chi connectivity index (χ3v) is 3.35. The van der Waals surface area contributed by atoms with Crippen LogP contribution < -0.4 is 5.32 Å². The normalized spacial score (nSPS) is 25.8. The summed E-state index contributed by atoms with van der Waals surface area (Å²) in [5, 5.41) is 3.43. The lowest BCUT2D eigenvalue weighted by Crippen LogP contribution is -2.39. The maximum absolute atomic E-state index is 12.0. The molecule has 0 aromatic rings. The molecule has 1 aliphatic heterocycles. The molecule has 1 saturated carbocycles. The lowest BCUT2D eigenvalue weighted by molar-refractivity contribution is -0.129. The number of hydrogen-bond donors (Lipinski definition) is 1. The van der Waals surface area contributed by atoms with E-state index in [0.29, 0.717) is 11.9 Å². The predicted octanol–water partition coefficient (Wildman–Crippen LogP) is 0.291. The van der Waals surface area contributed by atoms with Gasteiger partial charge in [0.2, 0.25) is 5.91 Å². The van der Waals surface area contributed by atoms with Crippen LogP contribution in [-0.2, 0) is 4.79 Å². The zero-order valence-electron chi connectivity index (χ0n) is 10.4. The molecule has 1 N–H and O–H groups in total. The maximum Gasteiger partial charge on any atom is 0.239 e. The molecule has 0 spiro atoms. The summed E-state index contributed by atoms with van der Waals surface area (Å²) in [7, 11) is 4.15. The molecule has 0 bridgehead atoms. The Balaban J connectivity index is 1.68. The summed E-state index contributed by atoms with van der Waals surface area (Å²) < 4.78 is 0. The van der Waals surface area contributed by atoms with Crippen LogP contribution in [0.15, 0.2) is 0 Å². The van der Waals surface area contributed by atoms with E-state index in [2.05, 4.69) is 24.3 Å². The van der Waals surface area contributed by atoms with E-state index in [1.807, 2.05) is 4.90 Å². The first kappa shape index (κ1) is 11.9. The molecular weight excluding hydrogens is 202 g/mol.